The van der Waals surface area contributed by atoms with E-state index in [1.165, 1.54) is 5.56 Å². The molecule has 1 aliphatic heterocycles. The van der Waals surface area contributed by atoms with Crippen molar-refractivity contribution >= 4 is 21.8 Å². The molecule has 1 aromatic carbocycles. The molecular formula is C16H16BrNO3. The van der Waals surface area contributed by atoms with Gasteiger partial charge >= 0.3 is 0 Å². The highest BCUT2D eigenvalue weighted by Gasteiger charge is 2.19. The Labute approximate surface area is 131 Å². The number of fused-ring (bicyclic) bond motifs is 1. The molecule has 110 valence electrons. The summed E-state index contributed by atoms with van der Waals surface area (Å²) in [4.78, 5) is 12.2. The van der Waals surface area contributed by atoms with Crippen LogP contribution in [0.15, 0.2) is 33.4 Å². The third-order valence-corrected chi connectivity index (χ3v) is 4.03. The van der Waals surface area contributed by atoms with E-state index >= 15 is 0 Å². The molecule has 0 unspecified atom stereocenters. The van der Waals surface area contributed by atoms with Crippen molar-refractivity contribution in [2.24, 2.45) is 0 Å². The van der Waals surface area contributed by atoms with Crippen LogP contribution in [0.4, 0.5) is 0 Å². The fraction of sp³-hybridized carbons (Fsp3) is 0.312. The van der Waals surface area contributed by atoms with Crippen LogP contribution in [0, 0.1) is 0 Å². The second kappa shape index (κ2) is 5.93. The number of carbonyl (C=O) groups is 1. The lowest BCUT2D eigenvalue weighted by Gasteiger charge is -2.10. The van der Waals surface area contributed by atoms with Gasteiger partial charge in [0.2, 0.25) is 0 Å². The average Bonchev–Trinajstić information content (AvgIpc) is 3.12. The molecular weight excluding hydrogens is 334 g/mol. The Kier molecular flexibility index (Phi) is 4.01. The smallest absolute Gasteiger partial charge is 0.255 e. The average molecular weight is 350 g/mol. The van der Waals surface area contributed by atoms with Gasteiger partial charge in [-0.25, -0.2) is 0 Å². The normalized spacial score (nSPS) is 12.9. The summed E-state index contributed by atoms with van der Waals surface area (Å²) in [5, 5.41) is 2.93. The molecule has 4 nitrogen and oxygen atoms in total. The van der Waals surface area contributed by atoms with Gasteiger partial charge < -0.3 is 14.5 Å². The summed E-state index contributed by atoms with van der Waals surface area (Å²) in [6.45, 7) is 3.11. The van der Waals surface area contributed by atoms with Crippen molar-refractivity contribution in [2.75, 3.05) is 6.61 Å². The first-order valence-corrected chi connectivity index (χ1v) is 7.77. The summed E-state index contributed by atoms with van der Waals surface area (Å²) in [5.41, 5.74) is 2.78. The number of furan rings is 1. The standard InChI is InChI=1S/C16H16BrNO3/c1-2-14-13(4-6-20-14)16(19)18-9-11-8-12(17)7-10-3-5-21-15(10)11/h4,6-8H,2-3,5,9H2,1H3,(H,18,19). The first-order valence-electron chi connectivity index (χ1n) is 6.97. The van der Waals surface area contributed by atoms with Crippen LogP contribution in [0.25, 0.3) is 0 Å². The molecule has 5 heteroatoms. The van der Waals surface area contributed by atoms with Gasteiger partial charge in [0.05, 0.1) is 18.4 Å². The molecule has 2 heterocycles. The Hall–Kier alpha value is -1.75. The molecule has 0 bridgehead atoms. The lowest BCUT2D eigenvalue weighted by atomic mass is 10.1. The molecule has 0 radical (unpaired) electrons. The Morgan fingerprint density at radius 2 is 2.29 bits per heavy atom. The largest absolute Gasteiger partial charge is 0.493 e. The number of rotatable bonds is 4. The summed E-state index contributed by atoms with van der Waals surface area (Å²) in [6, 6.07) is 5.76. The van der Waals surface area contributed by atoms with E-state index in [2.05, 4.69) is 27.3 Å². The summed E-state index contributed by atoms with van der Waals surface area (Å²) < 4.78 is 12.0. The number of benzene rings is 1. The fourth-order valence-corrected chi connectivity index (χ4v) is 3.12. The van der Waals surface area contributed by atoms with E-state index in [-0.39, 0.29) is 5.91 Å². The van der Waals surface area contributed by atoms with Gasteiger partial charge in [-0.3, -0.25) is 4.79 Å². The van der Waals surface area contributed by atoms with Gasteiger partial charge in [-0.05, 0) is 23.8 Å². The molecule has 1 aromatic heterocycles. The molecule has 0 fully saturated rings. The minimum Gasteiger partial charge on any atom is -0.493 e. The highest BCUT2D eigenvalue weighted by molar-refractivity contribution is 9.10. The van der Waals surface area contributed by atoms with E-state index in [1.54, 1.807) is 12.3 Å². The number of hydrogen-bond acceptors (Lipinski definition) is 3. The lowest BCUT2D eigenvalue weighted by molar-refractivity contribution is 0.0948. The van der Waals surface area contributed by atoms with Crippen LogP contribution >= 0.6 is 15.9 Å². The van der Waals surface area contributed by atoms with Crippen molar-refractivity contribution in [3.8, 4) is 5.75 Å². The van der Waals surface area contributed by atoms with Crippen LogP contribution in [0.3, 0.4) is 0 Å². The second-order valence-corrected chi connectivity index (χ2v) is 5.86. The molecule has 0 aliphatic carbocycles. The van der Waals surface area contributed by atoms with Crippen molar-refractivity contribution in [3.05, 3.63) is 51.4 Å². The predicted molar refractivity (Wildman–Crippen MR) is 82.6 cm³/mol. The van der Waals surface area contributed by atoms with Crippen LogP contribution in [0.5, 0.6) is 5.75 Å². The van der Waals surface area contributed by atoms with Gasteiger partial charge in [0, 0.05) is 29.4 Å². The van der Waals surface area contributed by atoms with Crippen LogP contribution in [0.2, 0.25) is 0 Å². The molecule has 1 N–H and O–H groups in total. The zero-order chi connectivity index (χ0) is 14.8. The first-order chi connectivity index (χ1) is 10.2. The quantitative estimate of drug-likeness (QED) is 0.919. The summed E-state index contributed by atoms with van der Waals surface area (Å²) in [6.07, 6.45) is 3.16. The maximum Gasteiger partial charge on any atom is 0.255 e. The summed E-state index contributed by atoms with van der Waals surface area (Å²) in [7, 11) is 0. The number of aryl methyl sites for hydroxylation is 1. The highest BCUT2D eigenvalue weighted by atomic mass is 79.9. The SMILES string of the molecule is CCc1occc1C(=O)NCc1cc(Br)cc2c1OCC2. The minimum atomic E-state index is -0.118. The topological polar surface area (TPSA) is 51.5 Å². The number of amides is 1. The highest BCUT2D eigenvalue weighted by Crippen LogP contribution is 2.32. The van der Waals surface area contributed by atoms with Crippen molar-refractivity contribution in [1.82, 2.24) is 5.32 Å². The van der Waals surface area contributed by atoms with Gasteiger partial charge in [-0.2, -0.15) is 0 Å². The Balaban J connectivity index is 1.75. The van der Waals surface area contributed by atoms with E-state index in [0.29, 0.717) is 30.9 Å². The molecule has 1 aliphatic rings. The number of hydrogen-bond donors (Lipinski definition) is 1. The molecule has 0 atom stereocenters. The molecule has 3 rings (SSSR count). The zero-order valence-corrected chi connectivity index (χ0v) is 13.3. The third-order valence-electron chi connectivity index (χ3n) is 3.58. The first kappa shape index (κ1) is 14.2. The fourth-order valence-electron chi connectivity index (χ4n) is 2.56. The maximum atomic E-state index is 12.2. The van der Waals surface area contributed by atoms with Crippen LogP contribution in [-0.2, 0) is 19.4 Å². The Morgan fingerprint density at radius 1 is 1.43 bits per heavy atom. The number of carbonyl (C=O) groups excluding carboxylic acids is 1. The predicted octanol–water partition coefficient (Wildman–Crippen LogP) is 3.47. The van der Waals surface area contributed by atoms with Gasteiger partial charge in [0.25, 0.3) is 5.91 Å². The number of halogens is 1. The van der Waals surface area contributed by atoms with Gasteiger partial charge in [0.1, 0.15) is 11.5 Å². The Bertz CT molecular complexity index is 678. The van der Waals surface area contributed by atoms with Crippen molar-refractivity contribution < 1.29 is 13.9 Å². The Morgan fingerprint density at radius 3 is 3.10 bits per heavy atom. The zero-order valence-electron chi connectivity index (χ0n) is 11.7. The second-order valence-electron chi connectivity index (χ2n) is 4.95. The van der Waals surface area contributed by atoms with Gasteiger partial charge in [-0.15, -0.1) is 0 Å². The number of nitrogens with one attached hydrogen (secondary N) is 1. The molecule has 1 amide bonds. The van der Waals surface area contributed by atoms with E-state index < -0.39 is 0 Å². The van der Waals surface area contributed by atoms with E-state index in [9.17, 15) is 4.79 Å². The van der Waals surface area contributed by atoms with Crippen molar-refractivity contribution in [1.29, 1.82) is 0 Å². The lowest BCUT2D eigenvalue weighted by Crippen LogP contribution is -2.23. The molecule has 21 heavy (non-hydrogen) atoms. The molecule has 2 aromatic rings. The van der Waals surface area contributed by atoms with Crippen LogP contribution in [0.1, 0.15) is 34.2 Å². The summed E-state index contributed by atoms with van der Waals surface area (Å²) >= 11 is 3.50. The number of ether oxygens (including phenoxy) is 1. The molecule has 0 saturated carbocycles. The molecule has 0 saturated heterocycles. The monoisotopic (exact) mass is 349 g/mol. The van der Waals surface area contributed by atoms with Crippen molar-refractivity contribution in [2.45, 2.75) is 26.3 Å². The van der Waals surface area contributed by atoms with Crippen LogP contribution < -0.4 is 10.1 Å². The van der Waals surface area contributed by atoms with Gasteiger partial charge in [-0.1, -0.05) is 22.9 Å². The molecule has 0 spiro atoms. The van der Waals surface area contributed by atoms with E-state index in [4.69, 9.17) is 9.15 Å². The summed E-state index contributed by atoms with van der Waals surface area (Å²) in [5.74, 6) is 1.50. The van der Waals surface area contributed by atoms with Crippen LogP contribution in [-0.4, -0.2) is 12.5 Å². The van der Waals surface area contributed by atoms with E-state index in [0.717, 1.165) is 22.2 Å². The van der Waals surface area contributed by atoms with Crippen molar-refractivity contribution in [3.63, 3.8) is 0 Å². The van der Waals surface area contributed by atoms with E-state index in [1.807, 2.05) is 13.0 Å². The minimum absolute atomic E-state index is 0.118. The maximum absolute atomic E-state index is 12.2. The van der Waals surface area contributed by atoms with Gasteiger partial charge in [0.15, 0.2) is 0 Å². The third kappa shape index (κ3) is 2.83.